The standard InChI is InChI=1S/C15H8Cl2FN3O2/c16-9-3-6-11(17)12(7-9)19-13(22)15-21-20-14(23-15)8-1-4-10(18)5-2-8/h1-7H,(H,19,22). The van der Waals surface area contributed by atoms with Crippen LogP contribution in [0.4, 0.5) is 10.1 Å². The number of nitrogens with zero attached hydrogens (tertiary/aromatic N) is 2. The van der Waals surface area contributed by atoms with Crippen LogP contribution in [0.3, 0.4) is 0 Å². The van der Waals surface area contributed by atoms with Crippen LogP contribution in [-0.2, 0) is 0 Å². The molecular formula is C15H8Cl2FN3O2. The zero-order valence-corrected chi connectivity index (χ0v) is 12.9. The van der Waals surface area contributed by atoms with E-state index in [1.165, 1.54) is 30.3 Å². The normalized spacial score (nSPS) is 10.6. The van der Waals surface area contributed by atoms with Crippen LogP contribution in [0.1, 0.15) is 10.7 Å². The lowest BCUT2D eigenvalue weighted by Crippen LogP contribution is -2.12. The maximum absolute atomic E-state index is 12.9. The van der Waals surface area contributed by atoms with E-state index >= 15 is 0 Å². The Balaban J connectivity index is 1.81. The Morgan fingerprint density at radius 3 is 2.57 bits per heavy atom. The minimum Gasteiger partial charge on any atom is -0.412 e. The molecule has 23 heavy (non-hydrogen) atoms. The molecule has 2 aromatic carbocycles. The molecule has 116 valence electrons. The van der Waals surface area contributed by atoms with Crippen molar-refractivity contribution in [3.8, 4) is 11.5 Å². The maximum atomic E-state index is 12.9. The van der Waals surface area contributed by atoms with Crippen molar-refractivity contribution < 1.29 is 13.6 Å². The van der Waals surface area contributed by atoms with E-state index in [0.29, 0.717) is 21.3 Å². The van der Waals surface area contributed by atoms with Crippen LogP contribution in [0.2, 0.25) is 10.0 Å². The molecular weight excluding hydrogens is 344 g/mol. The van der Waals surface area contributed by atoms with E-state index in [-0.39, 0.29) is 17.6 Å². The molecule has 1 aromatic heterocycles. The largest absolute Gasteiger partial charge is 0.412 e. The minimum atomic E-state index is -0.630. The number of rotatable bonds is 3. The Morgan fingerprint density at radius 1 is 1.09 bits per heavy atom. The lowest BCUT2D eigenvalue weighted by atomic mass is 10.2. The highest BCUT2D eigenvalue weighted by molar-refractivity contribution is 6.35. The topological polar surface area (TPSA) is 68.0 Å². The third-order valence-electron chi connectivity index (χ3n) is 2.89. The van der Waals surface area contributed by atoms with Crippen LogP contribution in [0.25, 0.3) is 11.5 Å². The van der Waals surface area contributed by atoms with E-state index in [4.69, 9.17) is 27.6 Å². The number of aromatic nitrogens is 2. The van der Waals surface area contributed by atoms with Gasteiger partial charge in [0.05, 0.1) is 10.7 Å². The van der Waals surface area contributed by atoms with Crippen molar-refractivity contribution in [2.24, 2.45) is 0 Å². The van der Waals surface area contributed by atoms with Gasteiger partial charge in [0.2, 0.25) is 5.89 Å². The summed E-state index contributed by atoms with van der Waals surface area (Å²) in [5.41, 5.74) is 0.824. The van der Waals surface area contributed by atoms with Gasteiger partial charge in [-0.05, 0) is 42.5 Å². The van der Waals surface area contributed by atoms with Crippen molar-refractivity contribution in [1.29, 1.82) is 0 Å². The fraction of sp³-hybridized carbons (Fsp3) is 0. The fourth-order valence-corrected chi connectivity index (χ4v) is 2.13. The van der Waals surface area contributed by atoms with E-state index in [9.17, 15) is 9.18 Å². The molecule has 3 aromatic rings. The van der Waals surface area contributed by atoms with E-state index in [2.05, 4.69) is 15.5 Å². The lowest BCUT2D eigenvalue weighted by Gasteiger charge is -2.04. The predicted octanol–water partition coefficient (Wildman–Crippen LogP) is 4.43. The number of nitrogens with one attached hydrogen (secondary N) is 1. The molecule has 0 aliphatic rings. The van der Waals surface area contributed by atoms with Crippen LogP contribution in [0.15, 0.2) is 46.9 Å². The summed E-state index contributed by atoms with van der Waals surface area (Å²) in [5, 5.41) is 10.7. The molecule has 0 aliphatic carbocycles. The average Bonchev–Trinajstić information content (AvgIpc) is 3.02. The number of halogens is 3. The first-order valence-electron chi connectivity index (χ1n) is 6.39. The van der Waals surface area contributed by atoms with Gasteiger partial charge in [-0.15, -0.1) is 10.2 Å². The number of carbonyl (C=O) groups excluding carboxylic acids is 1. The highest BCUT2D eigenvalue weighted by Gasteiger charge is 2.17. The maximum Gasteiger partial charge on any atom is 0.313 e. The third-order valence-corrected chi connectivity index (χ3v) is 3.45. The number of anilines is 1. The zero-order chi connectivity index (χ0) is 16.4. The Morgan fingerprint density at radius 2 is 1.83 bits per heavy atom. The first-order valence-corrected chi connectivity index (χ1v) is 7.14. The van der Waals surface area contributed by atoms with Crippen LogP contribution < -0.4 is 5.32 Å². The molecule has 1 amide bonds. The van der Waals surface area contributed by atoms with Gasteiger partial charge in [0.1, 0.15) is 5.82 Å². The van der Waals surface area contributed by atoms with E-state index < -0.39 is 5.91 Å². The highest BCUT2D eigenvalue weighted by Crippen LogP contribution is 2.26. The predicted molar refractivity (Wildman–Crippen MR) is 84.1 cm³/mol. The van der Waals surface area contributed by atoms with Gasteiger partial charge < -0.3 is 9.73 Å². The van der Waals surface area contributed by atoms with E-state index in [1.807, 2.05) is 0 Å². The molecule has 0 spiro atoms. The van der Waals surface area contributed by atoms with E-state index in [0.717, 1.165) is 0 Å². The molecule has 5 nitrogen and oxygen atoms in total. The number of benzene rings is 2. The molecule has 1 N–H and O–H groups in total. The van der Waals surface area contributed by atoms with Crippen molar-refractivity contribution in [2.45, 2.75) is 0 Å². The molecule has 0 atom stereocenters. The SMILES string of the molecule is O=C(Nc1cc(Cl)ccc1Cl)c1nnc(-c2ccc(F)cc2)o1. The van der Waals surface area contributed by atoms with Crippen molar-refractivity contribution in [1.82, 2.24) is 10.2 Å². The number of carbonyl (C=O) groups is 1. The Hall–Kier alpha value is -2.44. The summed E-state index contributed by atoms with van der Waals surface area (Å²) in [4.78, 5) is 12.1. The lowest BCUT2D eigenvalue weighted by molar-refractivity contribution is 0.0991. The Kier molecular flexibility index (Phi) is 4.27. The van der Waals surface area contributed by atoms with Gasteiger partial charge in [-0.3, -0.25) is 4.79 Å². The number of hydrogen-bond donors (Lipinski definition) is 1. The summed E-state index contributed by atoms with van der Waals surface area (Å²) >= 11 is 11.8. The van der Waals surface area contributed by atoms with Gasteiger partial charge in [0.15, 0.2) is 0 Å². The number of hydrogen-bond acceptors (Lipinski definition) is 4. The summed E-state index contributed by atoms with van der Waals surface area (Å²) in [6.45, 7) is 0. The summed E-state index contributed by atoms with van der Waals surface area (Å²) in [5.74, 6) is -1.16. The van der Waals surface area contributed by atoms with Gasteiger partial charge in [0, 0.05) is 10.6 Å². The van der Waals surface area contributed by atoms with Gasteiger partial charge in [-0.25, -0.2) is 4.39 Å². The van der Waals surface area contributed by atoms with Crippen LogP contribution >= 0.6 is 23.2 Å². The summed E-state index contributed by atoms with van der Waals surface area (Å²) < 4.78 is 18.2. The minimum absolute atomic E-state index is 0.104. The van der Waals surface area contributed by atoms with E-state index in [1.54, 1.807) is 12.1 Å². The summed E-state index contributed by atoms with van der Waals surface area (Å²) in [6.07, 6.45) is 0. The first kappa shape index (κ1) is 15.5. The second-order valence-electron chi connectivity index (χ2n) is 4.50. The molecule has 0 unspecified atom stereocenters. The molecule has 0 aliphatic heterocycles. The molecule has 3 rings (SSSR count). The molecule has 0 bridgehead atoms. The van der Waals surface area contributed by atoms with Crippen molar-refractivity contribution in [3.05, 3.63) is 64.2 Å². The first-order chi connectivity index (χ1) is 11.0. The molecule has 0 saturated carbocycles. The van der Waals surface area contributed by atoms with Crippen molar-refractivity contribution >= 4 is 34.8 Å². The Labute approximate surface area is 140 Å². The Bertz CT molecular complexity index is 865. The van der Waals surface area contributed by atoms with Gasteiger partial charge >= 0.3 is 11.8 Å². The van der Waals surface area contributed by atoms with Gasteiger partial charge in [-0.1, -0.05) is 23.2 Å². The number of amides is 1. The fourth-order valence-electron chi connectivity index (χ4n) is 1.79. The third kappa shape index (κ3) is 3.49. The van der Waals surface area contributed by atoms with Gasteiger partial charge in [0.25, 0.3) is 0 Å². The summed E-state index contributed by atoms with van der Waals surface area (Å²) in [6, 6.07) is 10.1. The van der Waals surface area contributed by atoms with Crippen LogP contribution in [-0.4, -0.2) is 16.1 Å². The molecule has 8 heteroatoms. The highest BCUT2D eigenvalue weighted by atomic mass is 35.5. The summed E-state index contributed by atoms with van der Waals surface area (Å²) in [7, 11) is 0. The average molecular weight is 352 g/mol. The second-order valence-corrected chi connectivity index (χ2v) is 5.34. The quantitative estimate of drug-likeness (QED) is 0.757. The van der Waals surface area contributed by atoms with Crippen LogP contribution in [0.5, 0.6) is 0 Å². The molecule has 0 saturated heterocycles. The monoisotopic (exact) mass is 351 g/mol. The second kappa shape index (κ2) is 6.36. The molecule has 0 radical (unpaired) electrons. The smallest absolute Gasteiger partial charge is 0.313 e. The zero-order valence-electron chi connectivity index (χ0n) is 11.4. The van der Waals surface area contributed by atoms with Crippen LogP contribution in [0, 0.1) is 5.82 Å². The molecule has 0 fully saturated rings. The van der Waals surface area contributed by atoms with Crippen molar-refractivity contribution in [2.75, 3.05) is 5.32 Å². The molecule has 1 heterocycles. The van der Waals surface area contributed by atoms with Gasteiger partial charge in [-0.2, -0.15) is 0 Å². The van der Waals surface area contributed by atoms with Crippen molar-refractivity contribution in [3.63, 3.8) is 0 Å².